The molecular formula is C30H44N4O2. The van der Waals surface area contributed by atoms with E-state index in [-0.39, 0.29) is 11.4 Å². The summed E-state index contributed by atoms with van der Waals surface area (Å²) in [6.45, 7) is 11.6. The molecular weight excluding hydrogens is 448 g/mol. The molecule has 2 aromatic rings. The molecule has 2 aromatic carbocycles. The second kappa shape index (κ2) is 13.2. The highest BCUT2D eigenvalue weighted by Gasteiger charge is 2.29. The number of anilines is 2. The number of rotatable bonds is 11. The Morgan fingerprint density at radius 2 is 1.64 bits per heavy atom. The van der Waals surface area contributed by atoms with Crippen LogP contribution in [0.15, 0.2) is 54.6 Å². The van der Waals surface area contributed by atoms with Gasteiger partial charge in [-0.05, 0) is 75.8 Å². The Hall–Kier alpha value is -2.41. The molecule has 2 heterocycles. The van der Waals surface area contributed by atoms with Crippen molar-refractivity contribution < 1.29 is 9.53 Å². The zero-order valence-electron chi connectivity index (χ0n) is 22.2. The number of hydrogen-bond acceptors (Lipinski definition) is 5. The fraction of sp³-hybridized carbons (Fsp3) is 0.567. The number of morpholine rings is 1. The quantitative estimate of drug-likeness (QED) is 0.445. The molecule has 2 aliphatic heterocycles. The van der Waals surface area contributed by atoms with E-state index >= 15 is 0 Å². The number of piperidine rings is 1. The van der Waals surface area contributed by atoms with Crippen molar-refractivity contribution in [3.63, 3.8) is 0 Å². The summed E-state index contributed by atoms with van der Waals surface area (Å²) in [5, 5.41) is 6.89. The van der Waals surface area contributed by atoms with Gasteiger partial charge in [0.1, 0.15) is 0 Å². The van der Waals surface area contributed by atoms with Gasteiger partial charge in [-0.15, -0.1) is 0 Å². The molecule has 1 amide bonds. The predicted octanol–water partition coefficient (Wildman–Crippen LogP) is 4.71. The molecule has 2 aliphatic rings. The van der Waals surface area contributed by atoms with Crippen LogP contribution < -0.4 is 15.5 Å². The summed E-state index contributed by atoms with van der Waals surface area (Å²) in [6.07, 6.45) is 5.84. The Bertz CT molecular complexity index is 918. The van der Waals surface area contributed by atoms with E-state index in [1.807, 2.05) is 18.2 Å². The first-order chi connectivity index (χ1) is 17.5. The number of nitrogens with one attached hydrogen (secondary N) is 2. The van der Waals surface area contributed by atoms with E-state index < -0.39 is 0 Å². The first-order valence-electron chi connectivity index (χ1n) is 13.7. The van der Waals surface area contributed by atoms with Crippen LogP contribution in [0.5, 0.6) is 0 Å². The van der Waals surface area contributed by atoms with Gasteiger partial charge in [0.05, 0.1) is 13.2 Å². The van der Waals surface area contributed by atoms with Gasteiger partial charge in [0.2, 0.25) is 5.91 Å². The summed E-state index contributed by atoms with van der Waals surface area (Å²) in [4.78, 5) is 17.3. The third-order valence-corrected chi connectivity index (χ3v) is 7.66. The molecule has 2 saturated heterocycles. The number of carbonyl (C=O) groups is 1. The van der Waals surface area contributed by atoms with E-state index in [2.05, 4.69) is 70.7 Å². The standard InChI is InChI=1S/C30H44N4O2/c1-30(2,34-20-22-36-23-21-34)24-31-26-16-18-33(19-17-26)28-14-12-27(13-15-28)32-29(35)11-7-6-10-25-8-4-3-5-9-25/h3-5,8-9,12-15,26,31H,6-7,10-11,16-24H2,1-2H3,(H,32,35). The molecule has 0 aliphatic carbocycles. The third-order valence-electron chi connectivity index (χ3n) is 7.66. The first-order valence-corrected chi connectivity index (χ1v) is 13.7. The summed E-state index contributed by atoms with van der Waals surface area (Å²) >= 11 is 0. The van der Waals surface area contributed by atoms with Gasteiger partial charge in [0.15, 0.2) is 0 Å². The first kappa shape index (κ1) is 26.6. The lowest BCUT2D eigenvalue weighted by Crippen LogP contribution is -2.56. The van der Waals surface area contributed by atoms with Crippen LogP contribution in [-0.2, 0) is 16.0 Å². The molecule has 0 spiro atoms. The van der Waals surface area contributed by atoms with Gasteiger partial charge in [-0.1, -0.05) is 30.3 Å². The van der Waals surface area contributed by atoms with Crippen molar-refractivity contribution >= 4 is 17.3 Å². The fourth-order valence-electron chi connectivity index (χ4n) is 5.25. The molecule has 6 nitrogen and oxygen atoms in total. The topological polar surface area (TPSA) is 56.8 Å². The average molecular weight is 493 g/mol. The van der Waals surface area contributed by atoms with Crippen molar-refractivity contribution in [3.05, 3.63) is 60.2 Å². The Morgan fingerprint density at radius 1 is 0.944 bits per heavy atom. The Labute approximate surface area is 217 Å². The summed E-state index contributed by atoms with van der Waals surface area (Å²) < 4.78 is 5.51. The number of ether oxygens (including phenoxy) is 1. The van der Waals surface area contributed by atoms with Gasteiger partial charge in [0, 0.05) is 62.1 Å². The zero-order valence-corrected chi connectivity index (χ0v) is 22.2. The number of nitrogens with zero attached hydrogens (tertiary/aromatic N) is 2. The van der Waals surface area contributed by atoms with Crippen LogP contribution in [0.3, 0.4) is 0 Å². The SMILES string of the molecule is CC(C)(CNC1CCN(c2ccc(NC(=O)CCCCc3ccccc3)cc2)CC1)N1CCOCC1. The highest BCUT2D eigenvalue weighted by atomic mass is 16.5. The van der Waals surface area contributed by atoms with E-state index in [0.717, 1.165) is 83.7 Å². The average Bonchev–Trinajstić information content (AvgIpc) is 2.92. The van der Waals surface area contributed by atoms with Crippen molar-refractivity contribution in [3.8, 4) is 0 Å². The van der Waals surface area contributed by atoms with Crippen LogP contribution in [0, 0.1) is 0 Å². The maximum absolute atomic E-state index is 12.3. The molecule has 2 fully saturated rings. The maximum Gasteiger partial charge on any atom is 0.224 e. The van der Waals surface area contributed by atoms with Crippen LogP contribution in [-0.4, -0.2) is 68.3 Å². The minimum absolute atomic E-state index is 0.0997. The van der Waals surface area contributed by atoms with E-state index in [1.165, 1.54) is 11.3 Å². The molecule has 4 rings (SSSR count). The number of aryl methyl sites for hydroxylation is 1. The van der Waals surface area contributed by atoms with Crippen LogP contribution in [0.4, 0.5) is 11.4 Å². The monoisotopic (exact) mass is 492 g/mol. The predicted molar refractivity (Wildman–Crippen MR) is 149 cm³/mol. The van der Waals surface area contributed by atoms with E-state index in [9.17, 15) is 4.79 Å². The van der Waals surface area contributed by atoms with Crippen LogP contribution in [0.25, 0.3) is 0 Å². The summed E-state index contributed by atoms with van der Waals surface area (Å²) in [6, 6.07) is 19.4. The highest BCUT2D eigenvalue weighted by molar-refractivity contribution is 5.90. The molecule has 0 aromatic heterocycles. The lowest BCUT2D eigenvalue weighted by molar-refractivity contribution is -0.116. The van der Waals surface area contributed by atoms with Crippen LogP contribution >= 0.6 is 0 Å². The Morgan fingerprint density at radius 3 is 2.33 bits per heavy atom. The second-order valence-electron chi connectivity index (χ2n) is 10.8. The summed E-state index contributed by atoms with van der Waals surface area (Å²) in [5.41, 5.74) is 3.62. The maximum atomic E-state index is 12.3. The van der Waals surface area contributed by atoms with Crippen molar-refractivity contribution in [2.24, 2.45) is 0 Å². The van der Waals surface area contributed by atoms with Gasteiger partial charge in [-0.2, -0.15) is 0 Å². The number of benzene rings is 2. The minimum atomic E-state index is 0.0997. The van der Waals surface area contributed by atoms with Crippen LogP contribution in [0.1, 0.15) is 51.5 Å². The lowest BCUT2D eigenvalue weighted by Gasteiger charge is -2.42. The van der Waals surface area contributed by atoms with Gasteiger partial charge < -0.3 is 20.3 Å². The van der Waals surface area contributed by atoms with E-state index in [0.29, 0.717) is 12.5 Å². The molecule has 36 heavy (non-hydrogen) atoms. The Balaban J connectivity index is 1.13. The molecule has 2 N–H and O–H groups in total. The molecule has 196 valence electrons. The molecule has 0 atom stereocenters. The normalized spacial score (nSPS) is 17.8. The van der Waals surface area contributed by atoms with Crippen molar-refractivity contribution in [2.75, 3.05) is 56.2 Å². The van der Waals surface area contributed by atoms with Crippen molar-refractivity contribution in [1.82, 2.24) is 10.2 Å². The molecule has 6 heteroatoms. The lowest BCUT2D eigenvalue weighted by atomic mass is 9.99. The smallest absolute Gasteiger partial charge is 0.224 e. The van der Waals surface area contributed by atoms with E-state index in [4.69, 9.17) is 4.74 Å². The largest absolute Gasteiger partial charge is 0.379 e. The fourth-order valence-corrected chi connectivity index (χ4v) is 5.25. The van der Waals surface area contributed by atoms with Gasteiger partial charge in [-0.3, -0.25) is 9.69 Å². The summed E-state index contributed by atoms with van der Waals surface area (Å²) in [7, 11) is 0. The van der Waals surface area contributed by atoms with Crippen molar-refractivity contribution in [1.29, 1.82) is 0 Å². The molecule has 0 radical (unpaired) electrons. The number of hydrogen-bond donors (Lipinski definition) is 2. The molecule has 0 unspecified atom stereocenters. The van der Waals surface area contributed by atoms with Gasteiger partial charge >= 0.3 is 0 Å². The highest BCUT2D eigenvalue weighted by Crippen LogP contribution is 2.23. The minimum Gasteiger partial charge on any atom is -0.379 e. The third kappa shape index (κ3) is 8.05. The molecule has 0 bridgehead atoms. The van der Waals surface area contributed by atoms with E-state index in [1.54, 1.807) is 0 Å². The Kier molecular flexibility index (Phi) is 9.79. The van der Waals surface area contributed by atoms with Crippen molar-refractivity contribution in [2.45, 2.75) is 64.0 Å². The molecule has 0 saturated carbocycles. The second-order valence-corrected chi connectivity index (χ2v) is 10.8. The number of unbranched alkanes of at least 4 members (excludes halogenated alkanes) is 1. The van der Waals surface area contributed by atoms with Gasteiger partial charge in [0.25, 0.3) is 0 Å². The van der Waals surface area contributed by atoms with Crippen LogP contribution in [0.2, 0.25) is 0 Å². The number of amides is 1. The van der Waals surface area contributed by atoms with Gasteiger partial charge in [-0.25, -0.2) is 0 Å². The number of carbonyl (C=O) groups excluding carboxylic acids is 1. The zero-order chi connectivity index (χ0) is 25.2. The summed E-state index contributed by atoms with van der Waals surface area (Å²) in [5.74, 6) is 0.0997.